The quantitative estimate of drug-likeness (QED) is 0.848. The maximum atomic E-state index is 12.5. The lowest BCUT2D eigenvalue weighted by Gasteiger charge is -2.16. The molecule has 2 aromatic rings. The number of aryl methyl sites for hydroxylation is 2. The molecule has 0 fully saturated rings. The molecule has 5 nitrogen and oxygen atoms in total. The molecule has 0 aromatic carbocycles. The van der Waals surface area contributed by atoms with Crippen LogP contribution in [0.25, 0.3) is 11.5 Å². The zero-order chi connectivity index (χ0) is 13.4. The van der Waals surface area contributed by atoms with E-state index in [1.807, 2.05) is 33.8 Å². The summed E-state index contributed by atoms with van der Waals surface area (Å²) in [6.45, 7) is 7.71. The lowest BCUT2D eigenvalue weighted by Crippen LogP contribution is -2.26. The van der Waals surface area contributed by atoms with Crippen LogP contribution in [0.2, 0.25) is 0 Å². The van der Waals surface area contributed by atoms with E-state index in [2.05, 4.69) is 10.2 Å². The van der Waals surface area contributed by atoms with Gasteiger partial charge in [0.2, 0.25) is 0 Å². The third kappa shape index (κ3) is 2.03. The molecule has 0 saturated heterocycles. The highest BCUT2D eigenvalue weighted by atomic mass is 32.1. The molecule has 0 saturated carbocycles. The fraction of sp³-hybridized carbons (Fsp3) is 0.417. The van der Waals surface area contributed by atoms with E-state index in [4.69, 9.17) is 16.6 Å². The van der Waals surface area contributed by atoms with Gasteiger partial charge in [-0.15, -0.1) is 5.10 Å². The van der Waals surface area contributed by atoms with Crippen molar-refractivity contribution < 1.29 is 4.42 Å². The van der Waals surface area contributed by atoms with Gasteiger partial charge in [0.25, 0.3) is 16.3 Å². The SMILES string of the molecule is Cc1cc(C)n(C(C)C)c(=O)c1-c1n[nH]c(=S)o1. The van der Waals surface area contributed by atoms with Crippen LogP contribution in [-0.4, -0.2) is 14.8 Å². The Hall–Kier alpha value is -1.69. The first-order valence-corrected chi connectivity index (χ1v) is 6.11. The first-order chi connectivity index (χ1) is 8.41. The molecule has 2 aromatic heterocycles. The molecule has 0 aliphatic heterocycles. The molecule has 0 radical (unpaired) electrons. The maximum Gasteiger partial charge on any atom is 0.284 e. The van der Waals surface area contributed by atoms with Gasteiger partial charge in [0.15, 0.2) is 0 Å². The summed E-state index contributed by atoms with van der Waals surface area (Å²) in [5.41, 5.74) is 2.11. The van der Waals surface area contributed by atoms with E-state index < -0.39 is 0 Å². The molecule has 0 spiro atoms. The number of nitrogens with one attached hydrogen (secondary N) is 1. The highest BCUT2D eigenvalue weighted by Gasteiger charge is 2.17. The van der Waals surface area contributed by atoms with Crippen LogP contribution < -0.4 is 5.56 Å². The van der Waals surface area contributed by atoms with Gasteiger partial charge in [-0.3, -0.25) is 4.79 Å². The number of aromatic nitrogens is 3. The lowest BCUT2D eigenvalue weighted by molar-refractivity contribution is 0.539. The molecule has 0 amide bonds. The van der Waals surface area contributed by atoms with E-state index >= 15 is 0 Å². The third-order valence-electron chi connectivity index (χ3n) is 2.80. The second-order valence-corrected chi connectivity index (χ2v) is 4.90. The summed E-state index contributed by atoms with van der Waals surface area (Å²) >= 11 is 4.84. The minimum atomic E-state index is -0.104. The molecular formula is C12H15N3O2S. The summed E-state index contributed by atoms with van der Waals surface area (Å²) in [6.07, 6.45) is 0. The van der Waals surface area contributed by atoms with E-state index in [0.717, 1.165) is 11.3 Å². The van der Waals surface area contributed by atoms with Gasteiger partial charge in [0, 0.05) is 11.7 Å². The summed E-state index contributed by atoms with van der Waals surface area (Å²) in [4.78, 5) is 12.6. The molecule has 96 valence electrons. The Bertz CT molecular complexity index is 694. The number of rotatable bonds is 2. The first-order valence-electron chi connectivity index (χ1n) is 5.70. The van der Waals surface area contributed by atoms with Gasteiger partial charge in [-0.25, -0.2) is 5.10 Å². The van der Waals surface area contributed by atoms with Gasteiger partial charge >= 0.3 is 0 Å². The van der Waals surface area contributed by atoms with Crippen molar-refractivity contribution in [2.75, 3.05) is 0 Å². The number of hydrogen-bond donors (Lipinski definition) is 1. The highest BCUT2D eigenvalue weighted by molar-refractivity contribution is 7.71. The second-order valence-electron chi connectivity index (χ2n) is 4.53. The van der Waals surface area contributed by atoms with Gasteiger partial charge in [-0.1, -0.05) is 0 Å². The Balaban J connectivity index is 2.80. The van der Waals surface area contributed by atoms with E-state index in [9.17, 15) is 4.79 Å². The van der Waals surface area contributed by atoms with E-state index in [1.54, 1.807) is 4.57 Å². The molecule has 0 bridgehead atoms. The fourth-order valence-corrected chi connectivity index (χ4v) is 2.27. The Kier molecular flexibility index (Phi) is 3.21. The summed E-state index contributed by atoms with van der Waals surface area (Å²) < 4.78 is 6.96. The minimum absolute atomic E-state index is 0.0822. The normalized spacial score (nSPS) is 11.2. The molecule has 0 atom stereocenters. The molecule has 6 heteroatoms. The lowest BCUT2D eigenvalue weighted by atomic mass is 10.1. The van der Waals surface area contributed by atoms with Crippen molar-refractivity contribution in [3.8, 4) is 11.5 Å². The maximum absolute atomic E-state index is 12.5. The van der Waals surface area contributed by atoms with E-state index in [0.29, 0.717) is 5.56 Å². The molecule has 2 heterocycles. The van der Waals surface area contributed by atoms with Gasteiger partial charge in [0.1, 0.15) is 5.56 Å². The minimum Gasteiger partial charge on any atom is -0.409 e. The predicted molar refractivity (Wildman–Crippen MR) is 71.2 cm³/mol. The van der Waals surface area contributed by atoms with Crippen molar-refractivity contribution >= 4 is 12.2 Å². The second kappa shape index (κ2) is 4.53. The predicted octanol–water partition coefficient (Wildman–Crippen LogP) is 2.76. The third-order valence-corrected chi connectivity index (χ3v) is 2.98. The van der Waals surface area contributed by atoms with Crippen LogP contribution in [0.5, 0.6) is 0 Å². The van der Waals surface area contributed by atoms with Crippen LogP contribution in [0.4, 0.5) is 0 Å². The van der Waals surface area contributed by atoms with Crippen molar-refractivity contribution in [3.05, 3.63) is 32.5 Å². The van der Waals surface area contributed by atoms with E-state index in [-0.39, 0.29) is 22.3 Å². The zero-order valence-electron chi connectivity index (χ0n) is 10.8. The molecule has 18 heavy (non-hydrogen) atoms. The number of H-pyrrole nitrogens is 1. The zero-order valence-corrected chi connectivity index (χ0v) is 11.6. The average Bonchev–Trinajstić information content (AvgIpc) is 2.63. The van der Waals surface area contributed by atoms with Crippen LogP contribution in [0.15, 0.2) is 15.3 Å². The van der Waals surface area contributed by atoms with Crippen molar-refractivity contribution in [2.45, 2.75) is 33.7 Å². The molecule has 0 aliphatic rings. The first kappa shape index (κ1) is 12.8. The molecule has 1 N–H and O–H groups in total. The Labute approximate surface area is 109 Å². The standard InChI is InChI=1S/C12H15N3O2S/c1-6(2)15-8(4)5-7(3)9(11(15)16)10-13-14-12(18)17-10/h5-6H,1-4H3,(H,14,18). The van der Waals surface area contributed by atoms with Crippen LogP contribution in [0.1, 0.15) is 31.1 Å². The van der Waals surface area contributed by atoms with Crippen LogP contribution in [-0.2, 0) is 0 Å². The Morgan fingerprint density at radius 3 is 2.61 bits per heavy atom. The van der Waals surface area contributed by atoms with Crippen LogP contribution in [0.3, 0.4) is 0 Å². The largest absolute Gasteiger partial charge is 0.409 e. The molecule has 0 unspecified atom stereocenters. The fourth-order valence-electron chi connectivity index (χ4n) is 2.14. The van der Waals surface area contributed by atoms with Crippen LogP contribution in [0, 0.1) is 18.7 Å². The molecule has 0 aliphatic carbocycles. The van der Waals surface area contributed by atoms with Crippen molar-refractivity contribution in [1.82, 2.24) is 14.8 Å². The Morgan fingerprint density at radius 2 is 2.11 bits per heavy atom. The number of nitrogens with zero attached hydrogens (tertiary/aromatic N) is 2. The van der Waals surface area contributed by atoms with Crippen LogP contribution >= 0.6 is 12.2 Å². The highest BCUT2D eigenvalue weighted by Crippen LogP contribution is 2.19. The average molecular weight is 265 g/mol. The van der Waals surface area contributed by atoms with Gasteiger partial charge in [-0.05, 0) is 51.5 Å². The number of pyridine rings is 1. The van der Waals surface area contributed by atoms with Crippen molar-refractivity contribution in [1.29, 1.82) is 0 Å². The smallest absolute Gasteiger partial charge is 0.284 e. The van der Waals surface area contributed by atoms with Gasteiger partial charge in [-0.2, -0.15) is 0 Å². The van der Waals surface area contributed by atoms with Crippen molar-refractivity contribution in [2.24, 2.45) is 0 Å². The Morgan fingerprint density at radius 1 is 1.44 bits per heavy atom. The summed E-state index contributed by atoms with van der Waals surface area (Å²) in [7, 11) is 0. The number of aromatic amines is 1. The number of hydrogen-bond acceptors (Lipinski definition) is 4. The molecule has 2 rings (SSSR count). The van der Waals surface area contributed by atoms with Crippen molar-refractivity contribution in [3.63, 3.8) is 0 Å². The van der Waals surface area contributed by atoms with E-state index in [1.165, 1.54) is 0 Å². The molecular weight excluding hydrogens is 250 g/mol. The topological polar surface area (TPSA) is 63.8 Å². The van der Waals surface area contributed by atoms with Gasteiger partial charge < -0.3 is 8.98 Å². The summed E-state index contributed by atoms with van der Waals surface area (Å²) in [5, 5.41) is 6.46. The summed E-state index contributed by atoms with van der Waals surface area (Å²) in [5.74, 6) is 0.247. The monoisotopic (exact) mass is 265 g/mol. The van der Waals surface area contributed by atoms with Gasteiger partial charge in [0.05, 0.1) is 0 Å². The summed E-state index contributed by atoms with van der Waals surface area (Å²) in [6, 6.07) is 2.03.